The van der Waals surface area contributed by atoms with Gasteiger partial charge < -0.3 is 9.30 Å². The van der Waals surface area contributed by atoms with Crippen molar-refractivity contribution in [3.63, 3.8) is 0 Å². The Kier molecular flexibility index (Phi) is 3.94. The fraction of sp³-hybridized carbons (Fsp3) is 0.111. The molecule has 0 radical (unpaired) electrons. The van der Waals surface area contributed by atoms with E-state index >= 15 is 0 Å². The maximum absolute atomic E-state index is 11.8. The molecule has 3 aromatic rings. The van der Waals surface area contributed by atoms with Crippen LogP contribution in [0.25, 0.3) is 11.1 Å². The van der Waals surface area contributed by atoms with Gasteiger partial charge >= 0.3 is 0 Å². The summed E-state index contributed by atoms with van der Waals surface area (Å²) in [6.07, 6.45) is 1.89. The predicted molar refractivity (Wildman–Crippen MR) is 98.8 cm³/mol. The Morgan fingerprint density at radius 1 is 0.960 bits per heavy atom. The highest BCUT2D eigenvalue weighted by atomic mass is 35.5. The van der Waals surface area contributed by atoms with Crippen LogP contribution in [0, 0.1) is 0 Å². The van der Waals surface area contributed by atoms with Gasteiger partial charge in [-0.2, -0.15) is 0 Å². The van der Waals surface area contributed by atoms with Crippen LogP contribution in [0.5, 0.6) is 11.5 Å². The minimum atomic E-state index is -3.26. The molecule has 0 spiro atoms. The van der Waals surface area contributed by atoms with E-state index in [1.54, 1.807) is 24.3 Å². The molecule has 2 heterocycles. The zero-order valence-corrected chi connectivity index (χ0v) is 14.7. The zero-order valence-electron chi connectivity index (χ0n) is 13.1. The number of aryl methyl sites for hydroxylation is 1. The highest BCUT2D eigenvalue weighted by molar-refractivity contribution is 7.92. The Morgan fingerprint density at radius 2 is 1.60 bits per heavy atom. The van der Waals surface area contributed by atoms with E-state index in [0.29, 0.717) is 28.9 Å². The second-order valence-electron chi connectivity index (χ2n) is 5.77. The molecule has 0 saturated heterocycles. The van der Waals surface area contributed by atoms with Gasteiger partial charge in [-0.25, -0.2) is 8.42 Å². The summed E-state index contributed by atoms with van der Waals surface area (Å²) >= 11 is 5.86. The number of nitrogens with one attached hydrogen (secondary N) is 1. The first kappa shape index (κ1) is 16.1. The number of sulfonamides is 1. The van der Waals surface area contributed by atoms with Crippen LogP contribution >= 0.6 is 11.6 Å². The standard InChI is InChI=1S/C18H15ClN2O3S/c19-14-3-7-16(8-4-14)24-15-5-1-13(2-6-15)17-9-10-21-11-12-25(22,23)20-18(17)21/h1-10,20H,11-12H2. The third-order valence-electron chi connectivity index (χ3n) is 4.03. The van der Waals surface area contributed by atoms with Gasteiger partial charge in [-0.15, -0.1) is 0 Å². The monoisotopic (exact) mass is 374 g/mol. The number of nitrogens with zero attached hydrogens (tertiary/aromatic N) is 1. The Morgan fingerprint density at radius 3 is 2.28 bits per heavy atom. The number of ether oxygens (including phenoxy) is 1. The molecule has 4 rings (SSSR count). The van der Waals surface area contributed by atoms with Gasteiger partial charge in [0.2, 0.25) is 10.0 Å². The van der Waals surface area contributed by atoms with E-state index in [1.165, 1.54) is 0 Å². The number of hydrogen-bond acceptors (Lipinski definition) is 3. The third kappa shape index (κ3) is 3.36. The normalized spacial score (nSPS) is 15.2. The van der Waals surface area contributed by atoms with Crippen molar-refractivity contribution in [2.45, 2.75) is 6.54 Å². The largest absolute Gasteiger partial charge is 0.457 e. The summed E-state index contributed by atoms with van der Waals surface area (Å²) in [6.45, 7) is 0.461. The molecule has 1 aromatic heterocycles. The Bertz CT molecular complexity index is 1010. The summed E-state index contributed by atoms with van der Waals surface area (Å²) in [5.41, 5.74) is 1.77. The van der Waals surface area contributed by atoms with Crippen LogP contribution in [-0.4, -0.2) is 18.7 Å². The van der Waals surface area contributed by atoms with Crippen molar-refractivity contribution in [1.29, 1.82) is 0 Å². The van der Waals surface area contributed by atoms with Gasteiger partial charge in [-0.3, -0.25) is 4.72 Å². The molecular formula is C18H15ClN2O3S. The lowest BCUT2D eigenvalue weighted by Gasteiger charge is -2.19. The average Bonchev–Trinajstić information content (AvgIpc) is 2.99. The molecule has 1 aliphatic rings. The lowest BCUT2D eigenvalue weighted by molar-refractivity contribution is 0.483. The number of hydrogen-bond donors (Lipinski definition) is 1. The number of anilines is 1. The molecular weight excluding hydrogens is 360 g/mol. The molecule has 0 bridgehead atoms. The van der Waals surface area contributed by atoms with Crippen LogP contribution in [0.1, 0.15) is 0 Å². The maximum atomic E-state index is 11.8. The molecule has 2 aromatic carbocycles. The summed E-state index contributed by atoms with van der Waals surface area (Å²) in [5, 5.41) is 0.656. The molecule has 5 nitrogen and oxygen atoms in total. The first-order valence-electron chi connectivity index (χ1n) is 7.74. The molecule has 25 heavy (non-hydrogen) atoms. The fourth-order valence-electron chi connectivity index (χ4n) is 2.76. The number of rotatable bonds is 3. The van der Waals surface area contributed by atoms with E-state index in [-0.39, 0.29) is 5.75 Å². The molecule has 128 valence electrons. The highest BCUT2D eigenvalue weighted by Gasteiger charge is 2.23. The Labute approximate surface area is 150 Å². The lowest BCUT2D eigenvalue weighted by Crippen LogP contribution is -2.27. The van der Waals surface area contributed by atoms with Gasteiger partial charge in [0.25, 0.3) is 0 Å². The first-order chi connectivity index (χ1) is 12.0. The van der Waals surface area contributed by atoms with Crippen LogP contribution < -0.4 is 9.46 Å². The molecule has 1 N–H and O–H groups in total. The topological polar surface area (TPSA) is 60.3 Å². The maximum Gasteiger partial charge on any atom is 0.235 e. The number of aromatic nitrogens is 1. The lowest BCUT2D eigenvalue weighted by atomic mass is 10.1. The summed E-state index contributed by atoms with van der Waals surface area (Å²) in [4.78, 5) is 0. The SMILES string of the molecule is O=S1(=O)CCn2ccc(-c3ccc(Oc4ccc(Cl)cc4)cc3)c2N1. The molecule has 0 atom stereocenters. The summed E-state index contributed by atoms with van der Waals surface area (Å²) in [7, 11) is -3.26. The van der Waals surface area contributed by atoms with Crippen LogP contribution in [-0.2, 0) is 16.6 Å². The van der Waals surface area contributed by atoms with Crippen molar-refractivity contribution >= 4 is 27.4 Å². The van der Waals surface area contributed by atoms with Crippen molar-refractivity contribution in [3.8, 4) is 22.6 Å². The molecule has 0 unspecified atom stereocenters. The number of fused-ring (bicyclic) bond motifs is 1. The first-order valence-corrected chi connectivity index (χ1v) is 9.77. The fourth-order valence-corrected chi connectivity index (χ4v) is 3.95. The van der Waals surface area contributed by atoms with E-state index in [0.717, 1.165) is 11.1 Å². The van der Waals surface area contributed by atoms with E-state index in [9.17, 15) is 8.42 Å². The van der Waals surface area contributed by atoms with Crippen molar-refractivity contribution in [2.24, 2.45) is 0 Å². The Balaban J connectivity index is 1.59. The van der Waals surface area contributed by atoms with Gasteiger partial charge in [0.05, 0.1) is 5.75 Å². The summed E-state index contributed by atoms with van der Waals surface area (Å²) in [5.74, 6) is 2.10. The van der Waals surface area contributed by atoms with Gasteiger partial charge in [-0.05, 0) is 48.0 Å². The molecule has 0 saturated carbocycles. The third-order valence-corrected chi connectivity index (χ3v) is 5.51. The van der Waals surface area contributed by atoms with Crippen LogP contribution in [0.3, 0.4) is 0 Å². The van der Waals surface area contributed by atoms with Crippen molar-refractivity contribution in [2.75, 3.05) is 10.5 Å². The molecule has 1 aliphatic heterocycles. The van der Waals surface area contributed by atoms with Crippen LogP contribution in [0.15, 0.2) is 60.8 Å². The average molecular weight is 375 g/mol. The predicted octanol–water partition coefficient (Wildman–Crippen LogP) is 4.36. The number of benzene rings is 2. The van der Waals surface area contributed by atoms with Gasteiger partial charge in [-0.1, -0.05) is 23.7 Å². The smallest absolute Gasteiger partial charge is 0.235 e. The minimum Gasteiger partial charge on any atom is -0.457 e. The second-order valence-corrected chi connectivity index (χ2v) is 8.05. The van der Waals surface area contributed by atoms with Crippen LogP contribution in [0.4, 0.5) is 5.82 Å². The molecule has 0 fully saturated rings. The number of halogens is 1. The molecule has 7 heteroatoms. The Hall–Kier alpha value is -2.44. The van der Waals surface area contributed by atoms with Crippen LogP contribution in [0.2, 0.25) is 5.02 Å². The van der Waals surface area contributed by atoms with Gasteiger partial charge in [0, 0.05) is 23.3 Å². The van der Waals surface area contributed by atoms with Crippen molar-refractivity contribution in [3.05, 3.63) is 65.8 Å². The molecule has 0 aliphatic carbocycles. The highest BCUT2D eigenvalue weighted by Crippen LogP contribution is 2.33. The summed E-state index contributed by atoms with van der Waals surface area (Å²) in [6, 6.07) is 16.6. The minimum absolute atomic E-state index is 0.0992. The van der Waals surface area contributed by atoms with Gasteiger partial charge in [0.1, 0.15) is 17.3 Å². The zero-order chi connectivity index (χ0) is 17.4. The van der Waals surface area contributed by atoms with E-state index < -0.39 is 10.0 Å². The molecule has 0 amide bonds. The van der Waals surface area contributed by atoms with Crippen molar-refractivity contribution in [1.82, 2.24) is 4.57 Å². The van der Waals surface area contributed by atoms with E-state index in [1.807, 2.05) is 41.1 Å². The van der Waals surface area contributed by atoms with E-state index in [2.05, 4.69) is 4.72 Å². The van der Waals surface area contributed by atoms with E-state index in [4.69, 9.17) is 16.3 Å². The summed E-state index contributed by atoms with van der Waals surface area (Å²) < 4.78 is 34.0. The van der Waals surface area contributed by atoms with Gasteiger partial charge in [0.15, 0.2) is 0 Å². The quantitative estimate of drug-likeness (QED) is 0.741. The van der Waals surface area contributed by atoms with Crippen molar-refractivity contribution < 1.29 is 13.2 Å². The second kappa shape index (κ2) is 6.13.